The van der Waals surface area contributed by atoms with Gasteiger partial charge in [-0.2, -0.15) is 0 Å². The first kappa shape index (κ1) is 16.0. The highest BCUT2D eigenvalue weighted by Gasteiger charge is 2.32. The van der Waals surface area contributed by atoms with Gasteiger partial charge in [-0.3, -0.25) is 4.79 Å². The van der Waals surface area contributed by atoms with Crippen LogP contribution in [0, 0.1) is 5.41 Å². The van der Waals surface area contributed by atoms with Gasteiger partial charge in [0, 0.05) is 18.6 Å². The summed E-state index contributed by atoms with van der Waals surface area (Å²) in [4.78, 5) is 12.7. The molecule has 0 aliphatic carbocycles. The average Bonchev–Trinajstić information content (AvgIpc) is 2.34. The molecule has 1 unspecified atom stereocenters. The van der Waals surface area contributed by atoms with Crippen LogP contribution < -0.4 is 10.6 Å². The Morgan fingerprint density at radius 2 is 1.90 bits per heavy atom. The predicted molar refractivity (Wildman–Crippen MR) is 87.2 cm³/mol. The lowest BCUT2D eigenvalue weighted by atomic mass is 9.81. The van der Waals surface area contributed by atoms with E-state index in [1.165, 1.54) is 11.1 Å². The van der Waals surface area contributed by atoms with Crippen LogP contribution in [0.4, 0.5) is 0 Å². The predicted octanol–water partition coefficient (Wildman–Crippen LogP) is 3.20. The minimum atomic E-state index is -0.193. The first-order valence-electron chi connectivity index (χ1n) is 7.78. The topological polar surface area (TPSA) is 41.1 Å². The summed E-state index contributed by atoms with van der Waals surface area (Å²) in [5.74, 6) is 0.0399. The van der Waals surface area contributed by atoms with Gasteiger partial charge in [0.05, 0.1) is 5.92 Å². The molecular formula is C18H28N2O. The molecule has 21 heavy (non-hydrogen) atoms. The molecule has 0 saturated heterocycles. The van der Waals surface area contributed by atoms with Crippen LogP contribution in [0.2, 0.25) is 0 Å². The molecule has 0 bridgehead atoms. The minimum Gasteiger partial charge on any atom is -0.351 e. The molecule has 1 heterocycles. The summed E-state index contributed by atoms with van der Waals surface area (Å²) in [6.45, 7) is 12.4. The van der Waals surface area contributed by atoms with E-state index in [-0.39, 0.29) is 22.8 Å². The Kier molecular flexibility index (Phi) is 4.43. The van der Waals surface area contributed by atoms with Crippen LogP contribution in [-0.4, -0.2) is 18.0 Å². The van der Waals surface area contributed by atoms with Crippen molar-refractivity contribution in [3.63, 3.8) is 0 Å². The summed E-state index contributed by atoms with van der Waals surface area (Å²) in [7, 11) is 0. The van der Waals surface area contributed by atoms with Gasteiger partial charge in [0.25, 0.3) is 0 Å². The van der Waals surface area contributed by atoms with Crippen LogP contribution in [0.15, 0.2) is 24.3 Å². The number of amides is 1. The van der Waals surface area contributed by atoms with E-state index in [2.05, 4.69) is 57.4 Å². The molecule has 0 aromatic heterocycles. The summed E-state index contributed by atoms with van der Waals surface area (Å²) in [5, 5.41) is 6.59. The largest absolute Gasteiger partial charge is 0.351 e. The highest BCUT2D eigenvalue weighted by Crippen LogP contribution is 2.29. The Hall–Kier alpha value is -1.35. The molecular weight excluding hydrogens is 260 g/mol. The van der Waals surface area contributed by atoms with Crippen molar-refractivity contribution < 1.29 is 4.79 Å². The zero-order chi connectivity index (χ0) is 15.7. The van der Waals surface area contributed by atoms with E-state index in [0.717, 1.165) is 13.0 Å². The smallest absolute Gasteiger partial charge is 0.229 e. The second-order valence-corrected chi connectivity index (χ2v) is 7.99. The Morgan fingerprint density at radius 3 is 2.57 bits per heavy atom. The van der Waals surface area contributed by atoms with Crippen molar-refractivity contribution in [1.82, 2.24) is 10.6 Å². The van der Waals surface area contributed by atoms with Crippen LogP contribution in [0.1, 0.15) is 58.1 Å². The molecule has 0 radical (unpaired) electrons. The molecule has 2 N–H and O–H groups in total. The zero-order valence-electron chi connectivity index (χ0n) is 13.9. The molecule has 0 fully saturated rings. The Balaban J connectivity index is 2.11. The quantitative estimate of drug-likeness (QED) is 0.897. The highest BCUT2D eigenvalue weighted by molar-refractivity contribution is 5.85. The molecule has 1 aromatic carbocycles. The first-order valence-corrected chi connectivity index (χ1v) is 7.78. The Bertz CT molecular complexity index is 514. The molecule has 3 heteroatoms. The SMILES string of the molecule is CC(C)(C)CC(C)(C)NC(=O)C1CNCc2ccccc21. The second kappa shape index (κ2) is 5.80. The van der Waals surface area contributed by atoms with Crippen molar-refractivity contribution in [3.05, 3.63) is 35.4 Å². The van der Waals surface area contributed by atoms with Crippen LogP contribution in [0.25, 0.3) is 0 Å². The molecule has 0 saturated carbocycles. The van der Waals surface area contributed by atoms with Crippen molar-refractivity contribution in [2.75, 3.05) is 6.54 Å². The van der Waals surface area contributed by atoms with Crippen LogP contribution in [0.3, 0.4) is 0 Å². The molecule has 1 aliphatic heterocycles. The van der Waals surface area contributed by atoms with E-state index < -0.39 is 0 Å². The summed E-state index contributed by atoms with van der Waals surface area (Å²) in [5.41, 5.74) is 2.40. The maximum atomic E-state index is 12.7. The van der Waals surface area contributed by atoms with E-state index in [1.54, 1.807) is 0 Å². The van der Waals surface area contributed by atoms with Gasteiger partial charge in [-0.1, -0.05) is 45.0 Å². The van der Waals surface area contributed by atoms with Crippen molar-refractivity contribution in [2.24, 2.45) is 5.41 Å². The molecule has 1 amide bonds. The number of benzene rings is 1. The number of nitrogens with one attached hydrogen (secondary N) is 2. The fourth-order valence-electron chi connectivity index (χ4n) is 3.52. The van der Waals surface area contributed by atoms with Crippen molar-refractivity contribution in [1.29, 1.82) is 0 Å². The lowest BCUT2D eigenvalue weighted by Gasteiger charge is -2.35. The van der Waals surface area contributed by atoms with Crippen LogP contribution in [-0.2, 0) is 11.3 Å². The summed E-state index contributed by atoms with van der Waals surface area (Å²) < 4.78 is 0. The Labute approximate surface area is 128 Å². The third kappa shape index (κ3) is 4.31. The number of rotatable bonds is 3. The fourth-order valence-corrected chi connectivity index (χ4v) is 3.52. The molecule has 1 aliphatic rings. The highest BCUT2D eigenvalue weighted by atomic mass is 16.2. The lowest BCUT2D eigenvalue weighted by molar-refractivity contribution is -0.124. The van der Waals surface area contributed by atoms with Gasteiger partial charge in [-0.05, 0) is 36.8 Å². The van der Waals surface area contributed by atoms with Gasteiger partial charge in [0.15, 0.2) is 0 Å². The number of hydrogen-bond donors (Lipinski definition) is 2. The van der Waals surface area contributed by atoms with E-state index in [1.807, 2.05) is 12.1 Å². The monoisotopic (exact) mass is 288 g/mol. The summed E-state index contributed by atoms with van der Waals surface area (Å²) in [6.07, 6.45) is 0.952. The van der Waals surface area contributed by atoms with Crippen molar-refractivity contribution >= 4 is 5.91 Å². The summed E-state index contributed by atoms with van der Waals surface area (Å²) in [6, 6.07) is 8.23. The lowest BCUT2D eigenvalue weighted by Crippen LogP contribution is -2.49. The van der Waals surface area contributed by atoms with E-state index in [9.17, 15) is 4.79 Å². The van der Waals surface area contributed by atoms with Gasteiger partial charge in [0.1, 0.15) is 0 Å². The molecule has 2 rings (SSSR count). The maximum Gasteiger partial charge on any atom is 0.229 e. The number of carbonyl (C=O) groups is 1. The zero-order valence-corrected chi connectivity index (χ0v) is 13.9. The normalized spacial score (nSPS) is 19.0. The van der Waals surface area contributed by atoms with E-state index in [4.69, 9.17) is 0 Å². The Morgan fingerprint density at radius 1 is 1.24 bits per heavy atom. The van der Waals surface area contributed by atoms with Crippen LogP contribution in [0.5, 0.6) is 0 Å². The molecule has 116 valence electrons. The molecule has 1 aromatic rings. The number of fused-ring (bicyclic) bond motifs is 1. The van der Waals surface area contributed by atoms with Crippen LogP contribution >= 0.6 is 0 Å². The van der Waals surface area contributed by atoms with Crippen molar-refractivity contribution in [3.8, 4) is 0 Å². The van der Waals surface area contributed by atoms with E-state index in [0.29, 0.717) is 6.54 Å². The molecule has 0 spiro atoms. The van der Waals surface area contributed by atoms with Gasteiger partial charge in [-0.25, -0.2) is 0 Å². The fraction of sp³-hybridized carbons (Fsp3) is 0.611. The van der Waals surface area contributed by atoms with Crippen molar-refractivity contribution in [2.45, 2.75) is 59.0 Å². The van der Waals surface area contributed by atoms with Gasteiger partial charge < -0.3 is 10.6 Å². The van der Waals surface area contributed by atoms with E-state index >= 15 is 0 Å². The summed E-state index contributed by atoms with van der Waals surface area (Å²) >= 11 is 0. The van der Waals surface area contributed by atoms with Gasteiger partial charge >= 0.3 is 0 Å². The van der Waals surface area contributed by atoms with Gasteiger partial charge in [0.2, 0.25) is 5.91 Å². The molecule has 1 atom stereocenters. The maximum absolute atomic E-state index is 12.7. The standard InChI is InChI=1S/C18H28N2O/c1-17(2,3)12-18(4,5)20-16(21)15-11-19-10-13-8-6-7-9-14(13)15/h6-9,15,19H,10-12H2,1-5H3,(H,20,21). The third-order valence-electron chi connectivity index (χ3n) is 3.84. The second-order valence-electron chi connectivity index (χ2n) is 7.99. The molecule has 3 nitrogen and oxygen atoms in total. The number of carbonyl (C=O) groups excluding carboxylic acids is 1. The minimum absolute atomic E-state index is 0.0887. The first-order chi connectivity index (χ1) is 9.68. The van der Waals surface area contributed by atoms with Gasteiger partial charge in [-0.15, -0.1) is 0 Å². The average molecular weight is 288 g/mol. The third-order valence-corrected chi connectivity index (χ3v) is 3.84. The number of hydrogen-bond acceptors (Lipinski definition) is 2.